The first-order valence-corrected chi connectivity index (χ1v) is 9.10. The lowest BCUT2D eigenvalue weighted by Gasteiger charge is -2.08. The van der Waals surface area contributed by atoms with Crippen molar-refractivity contribution in [3.8, 4) is 0 Å². The number of hydrogen-bond acceptors (Lipinski definition) is 7. The first-order valence-electron chi connectivity index (χ1n) is 7.29. The summed E-state index contributed by atoms with van der Waals surface area (Å²) in [6, 6.07) is 7.50. The summed E-state index contributed by atoms with van der Waals surface area (Å²) in [6.45, 7) is 5.66. The fraction of sp³-hybridized carbons (Fsp3) is 0.250. The highest BCUT2D eigenvalue weighted by Gasteiger charge is 2.15. The van der Waals surface area contributed by atoms with Crippen LogP contribution in [0.25, 0.3) is 0 Å². The molecule has 0 unspecified atom stereocenters. The second-order valence-corrected chi connectivity index (χ2v) is 7.37. The van der Waals surface area contributed by atoms with Gasteiger partial charge in [-0.1, -0.05) is 28.6 Å². The van der Waals surface area contributed by atoms with E-state index in [-0.39, 0.29) is 5.91 Å². The van der Waals surface area contributed by atoms with E-state index in [2.05, 4.69) is 20.7 Å². The maximum absolute atomic E-state index is 12.5. The average molecular weight is 360 g/mol. The van der Waals surface area contributed by atoms with Crippen LogP contribution in [-0.2, 0) is 5.75 Å². The third-order valence-corrected chi connectivity index (χ3v) is 5.29. The maximum Gasteiger partial charge on any atom is 0.258 e. The van der Waals surface area contributed by atoms with Crippen LogP contribution in [0.5, 0.6) is 0 Å². The number of benzene rings is 1. The summed E-state index contributed by atoms with van der Waals surface area (Å²) in [5, 5.41) is 15.9. The molecule has 24 heavy (non-hydrogen) atoms. The van der Waals surface area contributed by atoms with Crippen LogP contribution in [-0.4, -0.2) is 21.3 Å². The molecule has 0 aliphatic heterocycles. The lowest BCUT2D eigenvalue weighted by atomic mass is 10.2. The predicted molar refractivity (Wildman–Crippen MR) is 94.6 cm³/mol. The molecule has 3 aromatic rings. The Bertz CT molecular complexity index is 853. The van der Waals surface area contributed by atoms with E-state index in [1.165, 1.54) is 11.3 Å². The van der Waals surface area contributed by atoms with Gasteiger partial charge < -0.3 is 4.52 Å². The maximum atomic E-state index is 12.5. The van der Waals surface area contributed by atoms with Gasteiger partial charge in [0.15, 0.2) is 0 Å². The lowest BCUT2D eigenvalue weighted by molar-refractivity contribution is 0.102. The molecule has 2 aromatic heterocycles. The van der Waals surface area contributed by atoms with Gasteiger partial charge in [0.25, 0.3) is 5.91 Å². The van der Waals surface area contributed by atoms with Crippen molar-refractivity contribution in [2.75, 3.05) is 5.32 Å². The minimum absolute atomic E-state index is 0.187. The highest BCUT2D eigenvalue weighted by Crippen LogP contribution is 2.29. The number of aryl methyl sites for hydroxylation is 3. The molecule has 0 radical (unpaired) electrons. The quantitative estimate of drug-likeness (QED) is 0.693. The smallest absolute Gasteiger partial charge is 0.258 e. The Morgan fingerprint density at radius 2 is 2.04 bits per heavy atom. The summed E-state index contributed by atoms with van der Waals surface area (Å²) >= 11 is 2.93. The Labute approximate surface area is 147 Å². The SMILES string of the molecule is Cc1nnc(NC(=O)c2ccccc2SCc2c(C)noc2C)s1. The molecule has 0 spiro atoms. The van der Waals surface area contributed by atoms with Crippen molar-refractivity contribution in [3.63, 3.8) is 0 Å². The fourth-order valence-electron chi connectivity index (χ4n) is 2.15. The summed E-state index contributed by atoms with van der Waals surface area (Å²) in [5.74, 6) is 1.32. The lowest BCUT2D eigenvalue weighted by Crippen LogP contribution is -2.12. The molecule has 6 nitrogen and oxygen atoms in total. The molecule has 2 heterocycles. The molecule has 1 N–H and O–H groups in total. The largest absolute Gasteiger partial charge is 0.361 e. The van der Waals surface area contributed by atoms with Crippen molar-refractivity contribution >= 4 is 34.1 Å². The van der Waals surface area contributed by atoms with Crippen LogP contribution in [0.3, 0.4) is 0 Å². The van der Waals surface area contributed by atoms with Gasteiger partial charge in [-0.3, -0.25) is 10.1 Å². The number of carbonyl (C=O) groups is 1. The first-order chi connectivity index (χ1) is 11.5. The highest BCUT2D eigenvalue weighted by molar-refractivity contribution is 7.98. The Kier molecular flexibility index (Phi) is 4.96. The summed E-state index contributed by atoms with van der Waals surface area (Å²) in [7, 11) is 0. The van der Waals surface area contributed by atoms with Gasteiger partial charge in [-0.15, -0.1) is 22.0 Å². The average Bonchev–Trinajstić information content (AvgIpc) is 3.11. The van der Waals surface area contributed by atoms with E-state index < -0.39 is 0 Å². The number of nitrogens with one attached hydrogen (secondary N) is 1. The van der Waals surface area contributed by atoms with E-state index in [1.54, 1.807) is 17.8 Å². The Hall–Kier alpha value is -2.19. The van der Waals surface area contributed by atoms with Crippen LogP contribution < -0.4 is 5.32 Å². The van der Waals surface area contributed by atoms with Crippen molar-refractivity contribution in [1.29, 1.82) is 0 Å². The molecular formula is C16H16N4O2S2. The Morgan fingerprint density at radius 1 is 1.25 bits per heavy atom. The number of nitrogens with zero attached hydrogens (tertiary/aromatic N) is 3. The topological polar surface area (TPSA) is 80.9 Å². The number of hydrogen-bond donors (Lipinski definition) is 1. The number of anilines is 1. The molecule has 0 bridgehead atoms. The van der Waals surface area contributed by atoms with Crippen LogP contribution in [0, 0.1) is 20.8 Å². The molecular weight excluding hydrogens is 344 g/mol. The monoisotopic (exact) mass is 360 g/mol. The van der Waals surface area contributed by atoms with Gasteiger partial charge in [-0.2, -0.15) is 0 Å². The Morgan fingerprint density at radius 3 is 2.71 bits per heavy atom. The molecule has 3 rings (SSSR count). The highest BCUT2D eigenvalue weighted by atomic mass is 32.2. The van der Waals surface area contributed by atoms with Gasteiger partial charge in [0, 0.05) is 16.2 Å². The molecule has 0 fully saturated rings. The van der Waals surface area contributed by atoms with Gasteiger partial charge >= 0.3 is 0 Å². The van der Waals surface area contributed by atoms with Crippen molar-refractivity contribution in [2.24, 2.45) is 0 Å². The molecule has 124 valence electrons. The molecule has 8 heteroatoms. The minimum atomic E-state index is -0.187. The van der Waals surface area contributed by atoms with E-state index in [9.17, 15) is 4.79 Å². The van der Waals surface area contributed by atoms with Crippen LogP contribution in [0.4, 0.5) is 5.13 Å². The van der Waals surface area contributed by atoms with Crippen LogP contribution in [0.15, 0.2) is 33.7 Å². The first kappa shape index (κ1) is 16.7. The Balaban J connectivity index is 1.76. The van der Waals surface area contributed by atoms with Gasteiger partial charge in [0.2, 0.25) is 5.13 Å². The normalized spacial score (nSPS) is 10.8. The van der Waals surface area contributed by atoms with Gasteiger partial charge in [-0.25, -0.2) is 0 Å². The molecule has 0 aliphatic rings. The van der Waals surface area contributed by atoms with Crippen molar-refractivity contribution in [2.45, 2.75) is 31.4 Å². The zero-order chi connectivity index (χ0) is 17.1. The van der Waals surface area contributed by atoms with Crippen molar-refractivity contribution < 1.29 is 9.32 Å². The fourth-order valence-corrected chi connectivity index (χ4v) is 3.94. The molecule has 1 amide bonds. The number of aromatic nitrogens is 3. The summed E-state index contributed by atoms with van der Waals surface area (Å²) in [6.07, 6.45) is 0. The summed E-state index contributed by atoms with van der Waals surface area (Å²) < 4.78 is 5.19. The van der Waals surface area contributed by atoms with Crippen molar-refractivity contribution in [3.05, 3.63) is 51.9 Å². The second kappa shape index (κ2) is 7.14. The number of thioether (sulfide) groups is 1. The zero-order valence-electron chi connectivity index (χ0n) is 13.5. The van der Waals surface area contributed by atoms with Gasteiger partial charge in [0.05, 0.1) is 11.3 Å². The molecule has 0 saturated heterocycles. The van der Waals surface area contributed by atoms with E-state index in [4.69, 9.17) is 4.52 Å². The number of amides is 1. The third-order valence-electron chi connectivity index (χ3n) is 3.43. The summed E-state index contributed by atoms with van der Waals surface area (Å²) in [4.78, 5) is 13.4. The predicted octanol–water partition coefficient (Wildman–Crippen LogP) is 4.00. The van der Waals surface area contributed by atoms with E-state index in [1.807, 2.05) is 39.0 Å². The molecule has 0 atom stereocenters. The van der Waals surface area contributed by atoms with Crippen molar-refractivity contribution in [1.82, 2.24) is 15.4 Å². The number of rotatable bonds is 5. The van der Waals surface area contributed by atoms with E-state index in [0.29, 0.717) is 16.4 Å². The van der Waals surface area contributed by atoms with Crippen LogP contribution in [0.1, 0.15) is 32.4 Å². The molecule has 0 aliphatic carbocycles. The summed E-state index contributed by atoms with van der Waals surface area (Å²) in [5.41, 5.74) is 2.56. The zero-order valence-corrected chi connectivity index (χ0v) is 15.1. The molecule has 0 saturated carbocycles. The second-order valence-electron chi connectivity index (χ2n) is 5.17. The van der Waals surface area contributed by atoms with E-state index in [0.717, 1.165) is 26.9 Å². The number of carbonyl (C=O) groups excluding carboxylic acids is 1. The van der Waals surface area contributed by atoms with Crippen LogP contribution >= 0.6 is 23.1 Å². The van der Waals surface area contributed by atoms with Crippen LogP contribution in [0.2, 0.25) is 0 Å². The van der Waals surface area contributed by atoms with E-state index >= 15 is 0 Å². The standard InChI is InChI=1S/C16H16N4O2S2/c1-9-13(10(2)22-20-9)8-23-14-7-5-4-6-12(14)15(21)17-16-19-18-11(3)24-16/h4-7H,8H2,1-3H3,(H,17,19,21). The third kappa shape index (κ3) is 3.65. The molecule has 1 aromatic carbocycles. The minimum Gasteiger partial charge on any atom is -0.361 e. The van der Waals surface area contributed by atoms with Gasteiger partial charge in [-0.05, 0) is 32.9 Å². The van der Waals surface area contributed by atoms with Gasteiger partial charge in [0.1, 0.15) is 10.8 Å².